The number of urea groups is 1. The number of carbonyl (C=O) groups excluding carboxylic acids is 7. The van der Waals surface area contributed by atoms with Gasteiger partial charge in [-0.05, 0) is 149 Å². The van der Waals surface area contributed by atoms with Crippen molar-refractivity contribution in [1.82, 2.24) is 55.7 Å². The number of para-hydroxylation sites is 1. The zero-order valence-electron chi connectivity index (χ0n) is 60.3. The molecule has 0 spiro atoms. The number of quaternary nitrogens is 1. The number of nitrogens with one attached hydrogen (secondary N) is 5. The number of imide groups is 1. The van der Waals surface area contributed by atoms with Crippen molar-refractivity contribution >= 4 is 91.3 Å². The van der Waals surface area contributed by atoms with Crippen LogP contribution < -0.4 is 37.2 Å². The molecule has 8 heterocycles. The maximum atomic E-state index is 14.8. The molecule has 8 aliphatic rings. The SMILES string of the molecule is Cc1c(Nc2nc3ccccc3s2)nnc2c1CCCN2c1ccc(-c2cnn(CC34CC5(OCC[N+]6(Cc7ccc(NC(=O)[C@H](CCCNC(N)=O)NC(=O)[C@@H](NC(=O)CCOCCN8C(=O)CC(C)C8=O)C(C)C)cc7)CCCC6)C[C@](C)(C3)C[C@](C)(C4)C5)c2C)c(C(=O)N2CCCC2)n1. The predicted molar refractivity (Wildman–Crippen MR) is 390 cm³/mol. The minimum atomic E-state index is -1.01. The van der Waals surface area contributed by atoms with Crippen LogP contribution in [-0.4, -0.2) is 176 Å². The number of nitrogens with zero attached hydrogens (tertiary/aromatic N) is 10. The van der Waals surface area contributed by atoms with E-state index in [1.54, 1.807) is 32.1 Å². The van der Waals surface area contributed by atoms with E-state index >= 15 is 0 Å². The lowest BCUT2D eigenvalue weighted by molar-refractivity contribution is -0.930. The summed E-state index contributed by atoms with van der Waals surface area (Å²) in [6, 6.07) is 17.5. The zero-order chi connectivity index (χ0) is 71.7. The summed E-state index contributed by atoms with van der Waals surface area (Å²) >= 11 is 1.59. The average molecular weight is 1410 g/mol. The Labute approximate surface area is 601 Å². The molecule has 7 atom stereocenters. The summed E-state index contributed by atoms with van der Waals surface area (Å²) in [7, 11) is 0. The van der Waals surface area contributed by atoms with Crippen LogP contribution in [-0.2, 0) is 53.0 Å². The van der Waals surface area contributed by atoms with Gasteiger partial charge in [0.15, 0.2) is 16.8 Å². The molecule has 3 unspecified atom stereocenters. The summed E-state index contributed by atoms with van der Waals surface area (Å²) in [5.74, 6) is -0.527. The molecule has 4 aliphatic carbocycles. The van der Waals surface area contributed by atoms with Crippen LogP contribution in [0.2, 0.25) is 0 Å². The third-order valence-corrected chi connectivity index (χ3v) is 23.6. The Morgan fingerprint density at radius 2 is 1.57 bits per heavy atom. The van der Waals surface area contributed by atoms with Crippen LogP contribution in [0.25, 0.3) is 21.3 Å². The lowest BCUT2D eigenvalue weighted by atomic mass is 9.39. The normalized spacial score (nSPS) is 24.0. The van der Waals surface area contributed by atoms with Crippen molar-refractivity contribution in [3.8, 4) is 11.1 Å². The van der Waals surface area contributed by atoms with Gasteiger partial charge in [0, 0.05) is 104 Å². The second-order valence-corrected chi connectivity index (χ2v) is 32.7. The zero-order valence-corrected chi connectivity index (χ0v) is 61.1. The molecule has 102 heavy (non-hydrogen) atoms. The first-order valence-corrected chi connectivity index (χ1v) is 37.7. The van der Waals surface area contributed by atoms with Crippen molar-refractivity contribution in [2.45, 2.75) is 182 Å². The number of nitrogens with two attached hydrogens (primary N) is 1. The van der Waals surface area contributed by atoms with Crippen molar-refractivity contribution in [2.24, 2.45) is 33.8 Å². The van der Waals surface area contributed by atoms with Gasteiger partial charge < -0.3 is 56.1 Å². The van der Waals surface area contributed by atoms with Crippen molar-refractivity contribution in [2.75, 3.05) is 87.7 Å². The molecule has 2 aromatic carbocycles. The fourth-order valence-corrected chi connectivity index (χ4v) is 19.8. The summed E-state index contributed by atoms with van der Waals surface area (Å²) in [6.45, 7) is 22.2. The molecule has 26 heteroatoms. The van der Waals surface area contributed by atoms with Crippen LogP contribution in [0.15, 0.2) is 66.9 Å². The number of thiazole rings is 1. The highest BCUT2D eigenvalue weighted by molar-refractivity contribution is 7.22. The number of anilines is 5. The third-order valence-electron chi connectivity index (χ3n) is 22.7. The molecule has 0 radical (unpaired) electrons. The van der Waals surface area contributed by atoms with Crippen molar-refractivity contribution in [1.29, 1.82) is 0 Å². The van der Waals surface area contributed by atoms with Crippen LogP contribution in [0.4, 0.5) is 33.1 Å². The molecule has 544 valence electrons. The fraction of sp³-hybridized carbons (Fsp3) is 0.579. The standard InChI is InChI=1S/C76H100N16O9S/c1-48(2)63(84-61(93)26-35-100-36-31-90-62(94)38-49(3)69(90)97)68(96)81-58(18-14-27-78-71(77)99)67(95)80-53-22-20-52(21-23-53)40-92(32-12-13-33-92)34-37-101-76-44-73(6)41-74(7,45-76)43-75(42-73,46-76)47-91-51(5)56(39-79-91)55-24-25-60(83-64(55)70(98)88-28-10-11-29-88)89-30-15-16-54-50(4)65(86-87-66(54)89)85-72-82-57-17-8-9-19-59(57)102-72/h8-9,17,19-25,39,48-49,58,63H,10-16,18,26-38,40-47H2,1-7H3,(H6-,77,78,80,81,82,84,85,86,93,95,96,99)/p+1/t49?,58-,63-,73-,74+,75?,76?/m0/s1. The Morgan fingerprint density at radius 1 is 0.814 bits per heavy atom. The molecule has 25 nitrogen and oxygen atoms in total. The van der Waals surface area contributed by atoms with Crippen LogP contribution in [0.5, 0.6) is 0 Å². The van der Waals surface area contributed by atoms with Gasteiger partial charge >= 0.3 is 6.03 Å². The number of ether oxygens (including phenoxy) is 2. The van der Waals surface area contributed by atoms with Gasteiger partial charge in [0.25, 0.3) is 5.91 Å². The van der Waals surface area contributed by atoms with Crippen molar-refractivity contribution in [3.05, 3.63) is 94.9 Å². The van der Waals surface area contributed by atoms with E-state index in [2.05, 4.69) is 88.1 Å². The predicted octanol–water partition coefficient (Wildman–Crippen LogP) is 9.79. The molecule has 7 fully saturated rings. The summed E-state index contributed by atoms with van der Waals surface area (Å²) in [4.78, 5) is 107. The molecule has 14 rings (SSSR count). The Bertz CT molecular complexity index is 4090. The number of aromatic nitrogens is 6. The summed E-state index contributed by atoms with van der Waals surface area (Å²) in [6.07, 6.45) is 15.0. The largest absolute Gasteiger partial charge is 0.379 e. The first-order chi connectivity index (χ1) is 48.9. The molecule has 4 bridgehead atoms. The minimum absolute atomic E-state index is 0.0136. The van der Waals surface area contributed by atoms with Gasteiger partial charge in [0.05, 0.1) is 61.5 Å². The highest BCUT2D eigenvalue weighted by Gasteiger charge is 2.66. The number of hydrogen-bond acceptors (Lipinski definition) is 17. The quantitative estimate of drug-likeness (QED) is 0.0145. The first kappa shape index (κ1) is 71.9. The van der Waals surface area contributed by atoms with Crippen LogP contribution in [0.3, 0.4) is 0 Å². The first-order valence-electron chi connectivity index (χ1n) is 36.9. The van der Waals surface area contributed by atoms with Gasteiger partial charge in [0.2, 0.25) is 29.5 Å². The van der Waals surface area contributed by atoms with Gasteiger partial charge in [-0.1, -0.05) is 70.2 Å². The van der Waals surface area contributed by atoms with E-state index in [4.69, 9.17) is 40.5 Å². The van der Waals surface area contributed by atoms with Crippen molar-refractivity contribution < 1.29 is 47.5 Å². The van der Waals surface area contributed by atoms with Gasteiger partial charge in [-0.2, -0.15) is 5.10 Å². The third kappa shape index (κ3) is 15.7. The molecular formula is C76H101N16O9S+. The number of benzene rings is 2. The number of carbonyl (C=O) groups is 7. The second-order valence-electron chi connectivity index (χ2n) is 31.6. The molecule has 7 N–H and O–H groups in total. The molecule has 4 aromatic heterocycles. The van der Waals surface area contributed by atoms with Crippen LogP contribution in [0.1, 0.15) is 164 Å². The maximum absolute atomic E-state index is 14.8. The van der Waals surface area contributed by atoms with E-state index < -0.39 is 35.8 Å². The number of likely N-dealkylation sites (tertiary alicyclic amines) is 3. The number of primary amides is 1. The van der Waals surface area contributed by atoms with Gasteiger partial charge in [-0.25, -0.2) is 14.8 Å². The second kappa shape index (κ2) is 29.7. The van der Waals surface area contributed by atoms with Crippen molar-refractivity contribution in [3.63, 3.8) is 0 Å². The molecule has 8 amide bonds. The van der Waals surface area contributed by atoms with E-state index in [0.29, 0.717) is 55.7 Å². The van der Waals surface area contributed by atoms with Crippen LogP contribution in [0, 0.1) is 41.9 Å². The monoisotopic (exact) mass is 1410 g/mol. The number of rotatable bonds is 29. The summed E-state index contributed by atoms with van der Waals surface area (Å²) in [5.41, 5.74) is 13.2. The molecule has 4 saturated carbocycles. The lowest BCUT2D eigenvalue weighted by Gasteiger charge is -2.69. The highest BCUT2D eigenvalue weighted by Crippen LogP contribution is 2.72. The van der Waals surface area contributed by atoms with E-state index in [-0.39, 0.29) is 97.0 Å². The summed E-state index contributed by atoms with van der Waals surface area (Å²) < 4.78 is 17.3. The number of hydrogen-bond donors (Lipinski definition) is 6. The van der Waals surface area contributed by atoms with E-state index in [0.717, 1.165) is 163 Å². The molecule has 3 saturated heterocycles. The molecule has 4 aliphatic heterocycles. The topological polar surface area (TPSA) is 303 Å². The Hall–Kier alpha value is -8.46. The number of fused-ring (bicyclic) bond motifs is 2. The van der Waals surface area contributed by atoms with Gasteiger partial charge in [0.1, 0.15) is 36.7 Å². The Morgan fingerprint density at radius 3 is 2.28 bits per heavy atom. The Kier molecular flexibility index (Phi) is 21.0. The Balaban J connectivity index is 0.649. The van der Waals surface area contributed by atoms with Crippen LogP contribution >= 0.6 is 11.3 Å². The molecule has 6 aromatic rings. The minimum Gasteiger partial charge on any atom is -0.379 e. The summed E-state index contributed by atoms with van der Waals surface area (Å²) in [5, 5.41) is 30.2. The average Bonchev–Trinajstić information content (AvgIpc) is 0.762. The molecular weight excluding hydrogens is 1310 g/mol. The van der Waals surface area contributed by atoms with E-state index in [1.165, 1.54) is 11.3 Å². The maximum Gasteiger partial charge on any atom is 0.312 e. The lowest BCUT2D eigenvalue weighted by Crippen LogP contribution is -2.64. The number of pyridine rings is 1. The van der Waals surface area contributed by atoms with E-state index in [1.807, 2.05) is 47.5 Å². The fourth-order valence-electron chi connectivity index (χ4n) is 18.9. The van der Waals surface area contributed by atoms with Gasteiger partial charge in [-0.3, -0.25) is 38.3 Å². The van der Waals surface area contributed by atoms with Gasteiger partial charge in [-0.15, -0.1) is 10.2 Å². The highest BCUT2D eigenvalue weighted by atomic mass is 32.1. The van der Waals surface area contributed by atoms with E-state index in [9.17, 15) is 33.6 Å². The number of amides is 8. The smallest absolute Gasteiger partial charge is 0.312 e.